The molecule has 2 N–H and O–H groups in total. The second-order valence-electron chi connectivity index (χ2n) is 5.40. The number of nitrogens with zero attached hydrogens (tertiary/aromatic N) is 1. The fourth-order valence-corrected chi connectivity index (χ4v) is 2.40. The molecular weight excluding hydrogens is 264 g/mol. The van der Waals surface area contributed by atoms with E-state index in [9.17, 15) is 9.90 Å². The first-order valence-corrected chi connectivity index (χ1v) is 7.12. The number of hydrogen-bond donors (Lipinski definition) is 2. The van der Waals surface area contributed by atoms with Gasteiger partial charge in [-0.25, -0.2) is 0 Å². The van der Waals surface area contributed by atoms with E-state index in [1.54, 1.807) is 10.6 Å². The van der Waals surface area contributed by atoms with Crippen LogP contribution in [0.1, 0.15) is 16.7 Å². The van der Waals surface area contributed by atoms with Crippen LogP contribution in [0.15, 0.2) is 41.3 Å². The Bertz CT molecular complexity index is 673. The minimum absolute atomic E-state index is 0.0297. The molecule has 0 aliphatic rings. The highest BCUT2D eigenvalue weighted by molar-refractivity contribution is 5.37. The Labute approximate surface area is 125 Å². The fraction of sp³-hybridized carbons (Fsp3) is 0.353. The SMILES string of the molecule is CNC(CO)Cc1cc(=O)n(-c2cccc(C)c2)cc1C. The lowest BCUT2D eigenvalue weighted by Crippen LogP contribution is -2.32. The van der Waals surface area contributed by atoms with Crippen molar-refractivity contribution in [1.29, 1.82) is 0 Å². The third-order valence-electron chi connectivity index (χ3n) is 3.74. The Kier molecular flexibility index (Phi) is 4.94. The van der Waals surface area contributed by atoms with Crippen molar-refractivity contribution in [1.82, 2.24) is 9.88 Å². The van der Waals surface area contributed by atoms with Crippen molar-refractivity contribution >= 4 is 0 Å². The summed E-state index contributed by atoms with van der Waals surface area (Å²) in [6.45, 7) is 4.05. The van der Waals surface area contributed by atoms with Crippen molar-refractivity contribution < 1.29 is 5.11 Å². The highest BCUT2D eigenvalue weighted by atomic mass is 16.3. The topological polar surface area (TPSA) is 54.3 Å². The molecule has 0 saturated carbocycles. The van der Waals surface area contributed by atoms with Crippen LogP contribution in [0.25, 0.3) is 5.69 Å². The zero-order valence-electron chi connectivity index (χ0n) is 12.8. The molecule has 0 radical (unpaired) electrons. The summed E-state index contributed by atoms with van der Waals surface area (Å²) in [6, 6.07) is 9.51. The molecule has 0 bridgehead atoms. The van der Waals surface area contributed by atoms with Crippen molar-refractivity contribution in [2.24, 2.45) is 0 Å². The Balaban J connectivity index is 2.40. The molecule has 0 aliphatic heterocycles. The van der Waals surface area contributed by atoms with E-state index >= 15 is 0 Å². The minimum atomic E-state index is -0.0472. The monoisotopic (exact) mass is 286 g/mol. The van der Waals surface area contributed by atoms with E-state index in [2.05, 4.69) is 5.32 Å². The number of aliphatic hydroxyl groups is 1. The van der Waals surface area contributed by atoms with E-state index in [0.717, 1.165) is 22.4 Å². The first-order valence-electron chi connectivity index (χ1n) is 7.12. The molecule has 4 heteroatoms. The van der Waals surface area contributed by atoms with Gasteiger partial charge in [-0.05, 0) is 56.1 Å². The van der Waals surface area contributed by atoms with Crippen LogP contribution in [0.2, 0.25) is 0 Å². The molecule has 21 heavy (non-hydrogen) atoms. The Hall–Kier alpha value is -1.91. The smallest absolute Gasteiger partial charge is 0.255 e. The molecule has 0 amide bonds. The maximum absolute atomic E-state index is 12.3. The number of aliphatic hydroxyl groups excluding tert-OH is 1. The van der Waals surface area contributed by atoms with E-state index in [4.69, 9.17) is 0 Å². The van der Waals surface area contributed by atoms with Crippen molar-refractivity contribution in [3.8, 4) is 5.69 Å². The summed E-state index contributed by atoms with van der Waals surface area (Å²) in [5.74, 6) is 0. The molecule has 4 nitrogen and oxygen atoms in total. The van der Waals surface area contributed by atoms with Gasteiger partial charge in [0, 0.05) is 24.0 Å². The molecule has 1 aromatic heterocycles. The van der Waals surface area contributed by atoms with Crippen molar-refractivity contribution in [2.75, 3.05) is 13.7 Å². The summed E-state index contributed by atoms with van der Waals surface area (Å²) in [7, 11) is 1.81. The van der Waals surface area contributed by atoms with Gasteiger partial charge < -0.3 is 10.4 Å². The predicted octanol–water partition coefficient (Wildman–Crippen LogP) is 1.58. The van der Waals surface area contributed by atoms with Crippen molar-refractivity contribution in [3.63, 3.8) is 0 Å². The maximum atomic E-state index is 12.3. The molecule has 2 rings (SSSR count). The van der Waals surface area contributed by atoms with Gasteiger partial charge in [0.05, 0.1) is 6.61 Å². The number of hydrogen-bond acceptors (Lipinski definition) is 3. The van der Waals surface area contributed by atoms with E-state index in [1.165, 1.54) is 0 Å². The van der Waals surface area contributed by atoms with Crippen LogP contribution in [0, 0.1) is 13.8 Å². The average Bonchev–Trinajstić information content (AvgIpc) is 2.47. The normalized spacial score (nSPS) is 12.4. The van der Waals surface area contributed by atoms with Crippen molar-refractivity contribution in [2.45, 2.75) is 26.3 Å². The second kappa shape index (κ2) is 6.70. The van der Waals surface area contributed by atoms with Gasteiger partial charge in [-0.3, -0.25) is 9.36 Å². The molecule has 1 atom stereocenters. The molecule has 0 aliphatic carbocycles. The van der Waals surface area contributed by atoms with Crippen LogP contribution < -0.4 is 10.9 Å². The van der Waals surface area contributed by atoms with Gasteiger partial charge in [0.2, 0.25) is 0 Å². The zero-order chi connectivity index (χ0) is 15.4. The molecule has 1 unspecified atom stereocenters. The first kappa shape index (κ1) is 15.5. The number of aromatic nitrogens is 1. The first-order chi connectivity index (χ1) is 10.0. The Morgan fingerprint density at radius 1 is 1.29 bits per heavy atom. The standard InChI is InChI=1S/C17H22N2O2/c1-12-5-4-6-16(7-12)19-10-13(2)14(9-17(19)21)8-15(11-20)18-3/h4-7,9-10,15,18,20H,8,11H2,1-3H3. The summed E-state index contributed by atoms with van der Waals surface area (Å²) in [6.07, 6.45) is 2.51. The summed E-state index contributed by atoms with van der Waals surface area (Å²) in [5.41, 5.74) is 3.97. The van der Waals surface area contributed by atoms with Crippen LogP contribution >= 0.6 is 0 Å². The second-order valence-corrected chi connectivity index (χ2v) is 5.40. The molecule has 1 aromatic carbocycles. The van der Waals surface area contributed by atoms with Gasteiger partial charge in [0.1, 0.15) is 0 Å². The number of nitrogens with one attached hydrogen (secondary N) is 1. The third kappa shape index (κ3) is 3.60. The molecule has 0 saturated heterocycles. The number of pyridine rings is 1. The molecule has 0 spiro atoms. The van der Waals surface area contributed by atoms with Crippen LogP contribution in [0.4, 0.5) is 0 Å². The van der Waals surface area contributed by atoms with Crippen molar-refractivity contribution in [3.05, 3.63) is 63.6 Å². The van der Waals surface area contributed by atoms with Gasteiger partial charge in [0.25, 0.3) is 5.56 Å². The Morgan fingerprint density at radius 3 is 2.67 bits per heavy atom. The number of rotatable bonds is 5. The van der Waals surface area contributed by atoms with E-state index < -0.39 is 0 Å². The maximum Gasteiger partial charge on any atom is 0.255 e. The quantitative estimate of drug-likeness (QED) is 0.877. The lowest BCUT2D eigenvalue weighted by molar-refractivity contribution is 0.248. The number of benzene rings is 1. The summed E-state index contributed by atoms with van der Waals surface area (Å²) in [5, 5.41) is 12.3. The van der Waals surface area contributed by atoms with Crippen LogP contribution in [-0.4, -0.2) is 29.4 Å². The highest BCUT2D eigenvalue weighted by Crippen LogP contribution is 2.12. The van der Waals surface area contributed by atoms with Gasteiger partial charge >= 0.3 is 0 Å². The number of aryl methyl sites for hydroxylation is 2. The summed E-state index contributed by atoms with van der Waals surface area (Å²) in [4.78, 5) is 12.3. The molecular formula is C17H22N2O2. The van der Waals surface area contributed by atoms with E-state index in [1.807, 2.05) is 51.4 Å². The van der Waals surface area contributed by atoms with Crippen LogP contribution in [0.3, 0.4) is 0 Å². The van der Waals surface area contributed by atoms with Gasteiger partial charge in [-0.2, -0.15) is 0 Å². The zero-order valence-corrected chi connectivity index (χ0v) is 12.8. The molecule has 112 valence electrons. The van der Waals surface area contributed by atoms with Gasteiger partial charge in [-0.15, -0.1) is 0 Å². The van der Waals surface area contributed by atoms with Gasteiger partial charge in [-0.1, -0.05) is 12.1 Å². The predicted molar refractivity (Wildman–Crippen MR) is 85.2 cm³/mol. The minimum Gasteiger partial charge on any atom is -0.395 e. The summed E-state index contributed by atoms with van der Waals surface area (Å²) < 4.78 is 1.67. The largest absolute Gasteiger partial charge is 0.395 e. The summed E-state index contributed by atoms with van der Waals surface area (Å²) >= 11 is 0. The highest BCUT2D eigenvalue weighted by Gasteiger charge is 2.10. The fourth-order valence-electron chi connectivity index (χ4n) is 2.40. The lowest BCUT2D eigenvalue weighted by Gasteiger charge is -2.16. The molecule has 0 fully saturated rings. The van der Waals surface area contributed by atoms with E-state index in [-0.39, 0.29) is 18.2 Å². The molecule has 2 aromatic rings. The average molecular weight is 286 g/mol. The van der Waals surface area contributed by atoms with Crippen LogP contribution in [-0.2, 0) is 6.42 Å². The Morgan fingerprint density at radius 2 is 2.05 bits per heavy atom. The lowest BCUT2D eigenvalue weighted by atomic mass is 10.0. The van der Waals surface area contributed by atoms with Crippen LogP contribution in [0.5, 0.6) is 0 Å². The van der Waals surface area contributed by atoms with Gasteiger partial charge in [0.15, 0.2) is 0 Å². The van der Waals surface area contributed by atoms with E-state index in [0.29, 0.717) is 6.42 Å². The number of likely N-dealkylation sites (N-methyl/N-ethyl adjacent to an activating group) is 1. The molecule has 1 heterocycles. The third-order valence-corrected chi connectivity index (χ3v) is 3.74.